The summed E-state index contributed by atoms with van der Waals surface area (Å²) in [5.41, 5.74) is 3.20. The summed E-state index contributed by atoms with van der Waals surface area (Å²) in [5, 5.41) is 4.15. The van der Waals surface area contributed by atoms with Gasteiger partial charge in [-0.3, -0.25) is 0 Å². The molecule has 0 unspecified atom stereocenters. The van der Waals surface area contributed by atoms with Gasteiger partial charge in [0.05, 0.1) is 27.2 Å². The van der Waals surface area contributed by atoms with Crippen LogP contribution < -0.4 is 4.72 Å². The highest BCUT2D eigenvalue weighted by atomic mass is 32.2. The molecule has 4 rings (SSSR count). The molecule has 2 heterocycles. The van der Waals surface area contributed by atoms with Gasteiger partial charge >= 0.3 is 0 Å². The van der Waals surface area contributed by atoms with E-state index in [1.165, 1.54) is 7.05 Å². The first kappa shape index (κ1) is 14.4. The third-order valence-electron chi connectivity index (χ3n) is 4.12. The van der Waals surface area contributed by atoms with Crippen LogP contribution in [0.4, 0.5) is 0 Å². The van der Waals surface area contributed by atoms with Crippen LogP contribution in [-0.4, -0.2) is 30.6 Å². The van der Waals surface area contributed by atoms with Gasteiger partial charge in [0.25, 0.3) is 0 Å². The van der Waals surface area contributed by atoms with Crippen LogP contribution in [0, 0.1) is 6.92 Å². The predicted molar refractivity (Wildman–Crippen MR) is 84.5 cm³/mol. The first-order valence-corrected chi connectivity index (χ1v) is 8.88. The molecule has 1 aliphatic carbocycles. The first-order chi connectivity index (χ1) is 11.0. The fraction of sp³-hybridized carbons (Fsp3) is 0.333. The first-order valence-electron chi connectivity index (χ1n) is 7.39. The second-order valence-electron chi connectivity index (χ2n) is 5.75. The maximum Gasteiger partial charge on any atom is 0.240 e. The zero-order valence-electron chi connectivity index (χ0n) is 12.8. The van der Waals surface area contributed by atoms with Crippen molar-refractivity contribution >= 4 is 21.1 Å². The molecule has 1 aromatic carbocycles. The van der Waals surface area contributed by atoms with E-state index in [2.05, 4.69) is 19.8 Å². The molecule has 0 amide bonds. The Bertz CT molecular complexity index is 999. The van der Waals surface area contributed by atoms with Gasteiger partial charge in [-0.2, -0.15) is 0 Å². The Balaban J connectivity index is 1.85. The van der Waals surface area contributed by atoms with Gasteiger partial charge in [-0.15, -0.1) is 0 Å². The van der Waals surface area contributed by atoms with Crippen molar-refractivity contribution in [3.63, 3.8) is 0 Å². The number of nitrogens with one attached hydrogen (secondary N) is 2. The van der Waals surface area contributed by atoms with Crippen LogP contribution in [0.2, 0.25) is 0 Å². The van der Waals surface area contributed by atoms with Crippen LogP contribution >= 0.6 is 0 Å². The number of sulfonamides is 1. The molecule has 1 aliphatic rings. The predicted octanol–water partition coefficient (Wildman–Crippen LogP) is 2.31. The summed E-state index contributed by atoms with van der Waals surface area (Å²) < 4.78 is 31.5. The number of imidazole rings is 1. The lowest BCUT2D eigenvalue weighted by molar-refractivity contribution is 0.391. The van der Waals surface area contributed by atoms with E-state index in [0.29, 0.717) is 28.5 Å². The summed E-state index contributed by atoms with van der Waals surface area (Å²) in [6, 6.07) is 4.82. The zero-order valence-corrected chi connectivity index (χ0v) is 13.6. The van der Waals surface area contributed by atoms with E-state index < -0.39 is 10.0 Å². The Hall–Kier alpha value is -2.19. The molecule has 1 fully saturated rings. The average molecular weight is 332 g/mol. The molecule has 2 N–H and O–H groups in total. The van der Waals surface area contributed by atoms with Crippen LogP contribution in [0.15, 0.2) is 27.6 Å². The molecule has 23 heavy (non-hydrogen) atoms. The molecular formula is C15H16N4O3S. The van der Waals surface area contributed by atoms with E-state index in [1.54, 1.807) is 18.2 Å². The summed E-state index contributed by atoms with van der Waals surface area (Å²) >= 11 is 0. The molecule has 2 aromatic heterocycles. The van der Waals surface area contributed by atoms with E-state index in [4.69, 9.17) is 4.52 Å². The van der Waals surface area contributed by atoms with Crippen molar-refractivity contribution in [3.8, 4) is 11.4 Å². The molecule has 8 heteroatoms. The van der Waals surface area contributed by atoms with Crippen molar-refractivity contribution in [2.24, 2.45) is 0 Å². The smallest absolute Gasteiger partial charge is 0.240 e. The normalized spacial score (nSPS) is 15.4. The van der Waals surface area contributed by atoms with Gasteiger partial charge in [-0.25, -0.2) is 18.1 Å². The summed E-state index contributed by atoms with van der Waals surface area (Å²) in [5.74, 6) is 1.82. The highest BCUT2D eigenvalue weighted by Crippen LogP contribution is 2.44. The number of nitrogens with zero attached hydrogens (tertiary/aromatic N) is 2. The van der Waals surface area contributed by atoms with Gasteiger partial charge in [-0.05, 0) is 45.0 Å². The largest absolute Gasteiger partial charge is 0.361 e. The van der Waals surface area contributed by atoms with Crippen molar-refractivity contribution in [3.05, 3.63) is 29.7 Å². The van der Waals surface area contributed by atoms with Gasteiger partial charge in [0.2, 0.25) is 10.0 Å². The number of hydrogen-bond acceptors (Lipinski definition) is 5. The summed E-state index contributed by atoms with van der Waals surface area (Å²) in [4.78, 5) is 7.96. The number of fused-ring (bicyclic) bond motifs is 1. The van der Waals surface area contributed by atoms with Crippen LogP contribution in [0.3, 0.4) is 0 Å². The molecule has 1 saturated carbocycles. The molecule has 0 aliphatic heterocycles. The van der Waals surface area contributed by atoms with Crippen LogP contribution in [0.25, 0.3) is 22.4 Å². The fourth-order valence-electron chi connectivity index (χ4n) is 2.70. The molecule has 3 aromatic rings. The number of rotatable bonds is 4. The quantitative estimate of drug-likeness (QED) is 0.763. The van der Waals surface area contributed by atoms with E-state index in [0.717, 1.165) is 24.1 Å². The third-order valence-corrected chi connectivity index (χ3v) is 5.53. The Morgan fingerprint density at radius 3 is 2.83 bits per heavy atom. The SMILES string of the molecule is CNS(=O)(=O)c1ccc2nc(-c3c(C4CC4)noc3C)[nH]c2c1. The molecule has 0 atom stereocenters. The second kappa shape index (κ2) is 4.90. The van der Waals surface area contributed by atoms with E-state index >= 15 is 0 Å². The standard InChI is InChI=1S/C15H16N4O3S/c1-8-13(14(19-22-8)9-3-4-9)15-17-11-6-5-10(7-12(11)18-15)23(20,21)16-2/h5-7,9,16H,3-4H2,1-2H3,(H,17,18). The van der Waals surface area contributed by atoms with Gasteiger partial charge < -0.3 is 9.51 Å². The number of aromatic amines is 1. The van der Waals surface area contributed by atoms with Gasteiger partial charge in [0, 0.05) is 5.92 Å². The van der Waals surface area contributed by atoms with Crippen LogP contribution in [0.1, 0.15) is 30.2 Å². The Morgan fingerprint density at radius 1 is 1.35 bits per heavy atom. The number of hydrogen-bond donors (Lipinski definition) is 2. The Labute approximate surface area is 133 Å². The fourth-order valence-corrected chi connectivity index (χ4v) is 3.46. The second-order valence-corrected chi connectivity index (χ2v) is 7.63. The Morgan fingerprint density at radius 2 is 2.13 bits per heavy atom. The van der Waals surface area contributed by atoms with E-state index in [1.807, 2.05) is 6.92 Å². The lowest BCUT2D eigenvalue weighted by Crippen LogP contribution is -2.18. The summed E-state index contributed by atoms with van der Waals surface area (Å²) in [7, 11) is -2.09. The van der Waals surface area contributed by atoms with Crippen LogP contribution in [0.5, 0.6) is 0 Å². The summed E-state index contributed by atoms with van der Waals surface area (Å²) in [6.07, 6.45) is 2.23. The highest BCUT2D eigenvalue weighted by Gasteiger charge is 2.32. The molecule has 0 bridgehead atoms. The lowest BCUT2D eigenvalue weighted by atomic mass is 10.1. The van der Waals surface area contributed by atoms with Gasteiger partial charge in [-0.1, -0.05) is 5.16 Å². The maximum absolute atomic E-state index is 11.9. The molecule has 0 spiro atoms. The van der Waals surface area contributed by atoms with Crippen molar-refractivity contribution in [1.82, 2.24) is 19.8 Å². The molecule has 0 radical (unpaired) electrons. The van der Waals surface area contributed by atoms with Crippen molar-refractivity contribution in [2.45, 2.75) is 30.6 Å². The molecule has 7 nitrogen and oxygen atoms in total. The average Bonchev–Trinajstić information content (AvgIpc) is 3.18. The number of benzene rings is 1. The third kappa shape index (κ3) is 2.34. The van der Waals surface area contributed by atoms with Crippen molar-refractivity contribution in [2.75, 3.05) is 7.05 Å². The zero-order chi connectivity index (χ0) is 16.2. The number of H-pyrrole nitrogens is 1. The molecule has 0 saturated heterocycles. The Kier molecular flexibility index (Phi) is 3.07. The maximum atomic E-state index is 11.9. The topological polar surface area (TPSA) is 101 Å². The minimum absolute atomic E-state index is 0.201. The number of aromatic nitrogens is 3. The minimum atomic E-state index is -3.48. The van der Waals surface area contributed by atoms with Crippen LogP contribution in [-0.2, 0) is 10.0 Å². The lowest BCUT2D eigenvalue weighted by Gasteiger charge is -2.01. The van der Waals surface area contributed by atoms with E-state index in [9.17, 15) is 8.42 Å². The van der Waals surface area contributed by atoms with Crippen molar-refractivity contribution < 1.29 is 12.9 Å². The number of aryl methyl sites for hydroxylation is 1. The minimum Gasteiger partial charge on any atom is -0.361 e. The van der Waals surface area contributed by atoms with Gasteiger partial charge in [0.15, 0.2) is 0 Å². The molecular weight excluding hydrogens is 316 g/mol. The summed E-state index contributed by atoms with van der Waals surface area (Å²) in [6.45, 7) is 1.86. The van der Waals surface area contributed by atoms with Gasteiger partial charge in [0.1, 0.15) is 11.6 Å². The van der Waals surface area contributed by atoms with Crippen molar-refractivity contribution in [1.29, 1.82) is 0 Å². The van der Waals surface area contributed by atoms with E-state index in [-0.39, 0.29) is 4.90 Å². The monoisotopic (exact) mass is 332 g/mol. The molecule has 120 valence electrons. The highest BCUT2D eigenvalue weighted by molar-refractivity contribution is 7.89.